The van der Waals surface area contributed by atoms with Gasteiger partial charge >= 0.3 is 0 Å². The van der Waals surface area contributed by atoms with E-state index in [4.69, 9.17) is 17.0 Å². The average molecular weight is 694 g/mol. The van der Waals surface area contributed by atoms with Gasteiger partial charge in [0.15, 0.2) is 0 Å². The van der Waals surface area contributed by atoms with Crippen molar-refractivity contribution in [2.24, 2.45) is 0 Å². The quantitative estimate of drug-likeness (QED) is 0.136. The summed E-state index contributed by atoms with van der Waals surface area (Å²) in [5.74, 6) is 0. The van der Waals surface area contributed by atoms with Crippen LogP contribution in [0.25, 0.3) is 104 Å². The first-order chi connectivity index (χ1) is 30.1. The van der Waals surface area contributed by atoms with Gasteiger partial charge in [-0.2, -0.15) is 5.26 Å². The number of nitriles is 1. The Kier molecular flexibility index (Phi) is 4.84. The zero-order chi connectivity index (χ0) is 42.9. The highest BCUT2D eigenvalue weighted by molar-refractivity contribution is 6.34. The number of fused-ring (bicyclic) bond motifs is 6. The summed E-state index contributed by atoms with van der Waals surface area (Å²) in [4.78, 5) is 9.12. The van der Waals surface area contributed by atoms with Crippen molar-refractivity contribution in [2.45, 2.75) is 0 Å². The fourth-order valence-corrected chi connectivity index (χ4v) is 8.39. The van der Waals surface area contributed by atoms with Gasteiger partial charge in [0.1, 0.15) is 6.07 Å². The molecule has 0 bridgehead atoms. The van der Waals surface area contributed by atoms with Gasteiger partial charge in [-0.15, -0.1) is 0 Å². The van der Waals surface area contributed by atoms with Crippen LogP contribution >= 0.6 is 0 Å². The molecular formula is C49H27N5. The second kappa shape index (κ2) is 11.4. The molecule has 0 unspecified atom stereocenters. The number of para-hydroxylation sites is 2. The van der Waals surface area contributed by atoms with Gasteiger partial charge in [-0.25, -0.2) is 4.85 Å². The van der Waals surface area contributed by atoms with E-state index in [2.05, 4.69) is 17.0 Å². The van der Waals surface area contributed by atoms with E-state index in [1.807, 2.05) is 83.4 Å². The number of benzene rings is 8. The maximum atomic E-state index is 11.6. The number of pyridine rings is 1. The zero-order valence-corrected chi connectivity index (χ0v) is 28.2. The molecule has 8 aromatic carbocycles. The second-order valence-electron chi connectivity index (χ2n) is 13.0. The van der Waals surface area contributed by atoms with Crippen LogP contribution in [0.2, 0.25) is 0 Å². The molecule has 3 heterocycles. The molecule has 0 atom stereocenters. The van der Waals surface area contributed by atoms with Crippen LogP contribution in [0, 0.1) is 17.9 Å². The first kappa shape index (κ1) is 23.0. The molecule has 0 saturated carbocycles. The standard InChI is InChI=1S/C49H27N5/c1-51-47-42(30-15-4-2-5-16-30)37(29-50)48(53-38-24-10-8-19-32(38)33-20-9-11-25-39(33)53)43(31-17-6-3-7-18-31)49(47)54-40-26-12-21-34-35-23-14-28-52-46(35)36-22-13-27-41(54)45(36)44(34)40/h2-28H/i8D,9D,10D,11D,19D,20D,24D,25D. The Balaban J connectivity index is 1.51. The van der Waals surface area contributed by atoms with Crippen LogP contribution in [0.4, 0.5) is 5.69 Å². The van der Waals surface area contributed by atoms with E-state index in [9.17, 15) is 10.7 Å². The molecule has 11 aromatic rings. The lowest BCUT2D eigenvalue weighted by Crippen LogP contribution is -2.08. The summed E-state index contributed by atoms with van der Waals surface area (Å²) >= 11 is 0. The molecular weight excluding hydrogens is 659 g/mol. The van der Waals surface area contributed by atoms with E-state index >= 15 is 0 Å². The van der Waals surface area contributed by atoms with E-state index in [1.54, 1.807) is 30.5 Å². The van der Waals surface area contributed by atoms with E-state index in [0.29, 0.717) is 22.4 Å². The minimum absolute atomic E-state index is 0.0357. The van der Waals surface area contributed by atoms with Crippen molar-refractivity contribution in [1.82, 2.24) is 14.1 Å². The number of rotatable bonds is 4. The van der Waals surface area contributed by atoms with Gasteiger partial charge in [-0.3, -0.25) is 4.98 Å². The summed E-state index contributed by atoms with van der Waals surface area (Å²) in [7, 11) is 0. The smallest absolute Gasteiger partial charge is 0.220 e. The van der Waals surface area contributed by atoms with Crippen LogP contribution < -0.4 is 0 Å². The molecule has 0 N–H and O–H groups in total. The van der Waals surface area contributed by atoms with Gasteiger partial charge in [0.05, 0.1) is 62.1 Å². The first-order valence-corrected chi connectivity index (χ1v) is 17.3. The lowest BCUT2D eigenvalue weighted by atomic mass is 9.88. The second-order valence-corrected chi connectivity index (χ2v) is 13.0. The molecule has 0 amide bonds. The summed E-state index contributed by atoms with van der Waals surface area (Å²) < 4.78 is 75.9. The monoisotopic (exact) mass is 693 g/mol. The SMILES string of the molecule is [2H]c1c([2H])c([2H])c2c(c1[2H])c1c([2H])c([2H])c([2H])c([2H])c1n2-c1c(C#N)c(-c2ccccc2)c([N+]#[C-])c(-n2c3cccc4c5cccnc5c5cccc2c5c43)c1-c1ccccc1. The summed E-state index contributed by atoms with van der Waals surface area (Å²) in [5, 5.41) is 16.0. The molecule has 11 rings (SSSR count). The van der Waals surface area contributed by atoms with Crippen LogP contribution in [-0.4, -0.2) is 14.1 Å². The number of hydrogen-bond donors (Lipinski definition) is 0. The highest BCUT2D eigenvalue weighted by Gasteiger charge is 2.32. The Morgan fingerprint density at radius 2 is 1.11 bits per heavy atom. The first-order valence-electron chi connectivity index (χ1n) is 21.3. The van der Waals surface area contributed by atoms with Gasteiger partial charge in [-0.1, -0.05) is 127 Å². The highest BCUT2D eigenvalue weighted by atomic mass is 15.0. The average Bonchev–Trinajstić information content (AvgIpc) is 3.85. The van der Waals surface area contributed by atoms with Gasteiger partial charge < -0.3 is 9.13 Å². The molecule has 0 aliphatic rings. The van der Waals surface area contributed by atoms with Gasteiger partial charge in [0.2, 0.25) is 5.69 Å². The Morgan fingerprint density at radius 3 is 1.74 bits per heavy atom. The molecule has 54 heavy (non-hydrogen) atoms. The van der Waals surface area contributed by atoms with Crippen LogP contribution in [0.3, 0.4) is 0 Å². The third-order valence-corrected chi connectivity index (χ3v) is 10.4. The summed E-state index contributed by atoms with van der Waals surface area (Å²) in [5.41, 5.74) is 4.19. The lowest BCUT2D eigenvalue weighted by molar-refractivity contribution is 1.13. The molecule has 3 aromatic heterocycles. The van der Waals surface area contributed by atoms with E-state index < -0.39 is 48.3 Å². The molecule has 0 aliphatic carbocycles. The molecule has 0 saturated heterocycles. The van der Waals surface area contributed by atoms with Crippen molar-refractivity contribution >= 4 is 71.0 Å². The summed E-state index contributed by atoms with van der Waals surface area (Å²) in [6.45, 7) is 9.05. The Morgan fingerprint density at radius 1 is 0.556 bits per heavy atom. The maximum absolute atomic E-state index is 11.6. The number of hydrogen-bond acceptors (Lipinski definition) is 2. The molecule has 0 spiro atoms. The van der Waals surface area contributed by atoms with Crippen LogP contribution in [0.5, 0.6) is 0 Å². The Labute approximate surface area is 321 Å². The number of nitrogens with zero attached hydrogens (tertiary/aromatic N) is 5. The van der Waals surface area contributed by atoms with E-state index in [1.165, 1.54) is 4.57 Å². The summed E-state index contributed by atoms with van der Waals surface area (Å²) in [6, 6.07) is 32.1. The van der Waals surface area contributed by atoms with Crippen molar-refractivity contribution in [3.63, 3.8) is 0 Å². The van der Waals surface area contributed by atoms with Crippen molar-refractivity contribution in [1.29, 1.82) is 5.26 Å². The van der Waals surface area contributed by atoms with E-state index in [-0.39, 0.29) is 44.3 Å². The molecule has 5 nitrogen and oxygen atoms in total. The van der Waals surface area contributed by atoms with Crippen molar-refractivity contribution in [2.75, 3.05) is 0 Å². The van der Waals surface area contributed by atoms with Crippen molar-refractivity contribution in [3.8, 4) is 39.7 Å². The van der Waals surface area contributed by atoms with Crippen molar-refractivity contribution < 1.29 is 11.0 Å². The maximum Gasteiger partial charge on any atom is 0.220 e. The van der Waals surface area contributed by atoms with Crippen molar-refractivity contribution in [3.05, 3.63) is 181 Å². The lowest BCUT2D eigenvalue weighted by Gasteiger charge is -2.25. The summed E-state index contributed by atoms with van der Waals surface area (Å²) in [6.07, 6.45) is 1.76. The number of aromatic nitrogens is 3. The predicted molar refractivity (Wildman–Crippen MR) is 221 cm³/mol. The minimum atomic E-state index is -0.586. The van der Waals surface area contributed by atoms with Crippen LogP contribution in [0.15, 0.2) is 164 Å². The molecule has 0 fully saturated rings. The Bertz CT molecular complexity index is 3700. The minimum Gasteiger partial charge on any atom is -0.318 e. The zero-order valence-electron chi connectivity index (χ0n) is 36.2. The predicted octanol–water partition coefficient (Wildman–Crippen LogP) is 12.8. The highest BCUT2D eigenvalue weighted by Crippen LogP contribution is 2.53. The Hall–Kier alpha value is -7.73. The molecule has 248 valence electrons. The fourth-order valence-electron chi connectivity index (χ4n) is 8.39. The molecule has 0 aliphatic heterocycles. The van der Waals surface area contributed by atoms with Gasteiger partial charge in [0, 0.05) is 49.6 Å². The molecule has 0 radical (unpaired) electrons. The van der Waals surface area contributed by atoms with E-state index in [0.717, 1.165) is 43.5 Å². The third-order valence-electron chi connectivity index (χ3n) is 10.4. The third kappa shape index (κ3) is 3.93. The normalized spacial score (nSPS) is 13.7. The largest absolute Gasteiger partial charge is 0.318 e. The van der Waals surface area contributed by atoms with Crippen LogP contribution in [-0.2, 0) is 0 Å². The van der Waals surface area contributed by atoms with Crippen LogP contribution in [0.1, 0.15) is 16.5 Å². The van der Waals surface area contributed by atoms with Gasteiger partial charge in [0.25, 0.3) is 0 Å². The molecule has 5 heteroatoms. The fraction of sp³-hybridized carbons (Fsp3) is 0. The topological polar surface area (TPSA) is 50.9 Å². The van der Waals surface area contributed by atoms with Gasteiger partial charge in [-0.05, 0) is 46.8 Å².